The second-order valence-electron chi connectivity index (χ2n) is 3.25. The summed E-state index contributed by atoms with van der Waals surface area (Å²) in [6.07, 6.45) is 2.15. The van der Waals surface area contributed by atoms with Crippen LogP contribution in [0.1, 0.15) is 40.5 Å². The maximum Gasteiger partial charge on any atom is 0.138 e. The van der Waals surface area contributed by atoms with Gasteiger partial charge in [0.2, 0.25) is 0 Å². The highest BCUT2D eigenvalue weighted by molar-refractivity contribution is 5.82. The van der Waals surface area contributed by atoms with Gasteiger partial charge in [-0.25, -0.2) is 0 Å². The molecule has 0 fully saturated rings. The summed E-state index contributed by atoms with van der Waals surface area (Å²) in [4.78, 5) is 11.2. The number of Topliss-reactive ketones (excluding diaryl/α,β-unsaturated/α-hetero) is 1. The minimum atomic E-state index is 0.210. The van der Waals surface area contributed by atoms with Crippen LogP contribution in [0.3, 0.4) is 0 Å². The number of ketones is 1. The van der Waals surface area contributed by atoms with E-state index in [1.807, 2.05) is 20.8 Å². The summed E-state index contributed by atoms with van der Waals surface area (Å²) >= 11 is 0. The summed E-state index contributed by atoms with van der Waals surface area (Å²) in [5.74, 6) is 0.883. The Hall–Kier alpha value is -0.330. The molecule has 0 aromatic heterocycles. The molecule has 0 aromatic carbocycles. The van der Waals surface area contributed by atoms with Gasteiger partial charge in [0.1, 0.15) is 5.78 Å². The van der Waals surface area contributed by atoms with Crippen molar-refractivity contribution >= 4 is 5.78 Å². The highest BCUT2D eigenvalue weighted by Crippen LogP contribution is 2.11. The van der Waals surface area contributed by atoms with Crippen LogP contribution in [-0.2, 0) is 4.79 Å². The zero-order valence-electron chi connectivity index (χ0n) is 7.48. The Morgan fingerprint density at radius 1 is 1.30 bits per heavy atom. The van der Waals surface area contributed by atoms with Crippen LogP contribution < -0.4 is 0 Å². The summed E-state index contributed by atoms with van der Waals surface area (Å²) in [5, 5.41) is 0. The van der Waals surface area contributed by atoms with Gasteiger partial charge in [0.25, 0.3) is 0 Å². The molecule has 0 aliphatic carbocycles. The third kappa shape index (κ3) is 3.00. The van der Waals surface area contributed by atoms with Crippen molar-refractivity contribution in [3.63, 3.8) is 0 Å². The second kappa shape index (κ2) is 4.48. The van der Waals surface area contributed by atoms with Crippen molar-refractivity contribution < 1.29 is 4.79 Å². The summed E-state index contributed by atoms with van der Waals surface area (Å²) in [6.45, 7) is 8.07. The summed E-state index contributed by atoms with van der Waals surface area (Å²) in [7, 11) is 0. The standard InChI is InChI=1S/C9H18O/c1-5-6-8(4)9(10)7(2)3/h7-8H,5-6H2,1-4H3. The minimum Gasteiger partial charge on any atom is -0.299 e. The molecule has 1 atom stereocenters. The van der Waals surface area contributed by atoms with E-state index < -0.39 is 0 Å². The Kier molecular flexibility index (Phi) is 4.33. The molecule has 60 valence electrons. The Bertz CT molecular complexity index is 105. The molecule has 0 amide bonds. The van der Waals surface area contributed by atoms with Crippen LogP contribution in [0.4, 0.5) is 0 Å². The third-order valence-electron chi connectivity index (χ3n) is 1.78. The van der Waals surface area contributed by atoms with E-state index in [1.54, 1.807) is 0 Å². The van der Waals surface area contributed by atoms with Crippen LogP contribution in [0.2, 0.25) is 0 Å². The van der Waals surface area contributed by atoms with E-state index in [-0.39, 0.29) is 11.8 Å². The monoisotopic (exact) mass is 142 g/mol. The molecule has 1 nitrogen and oxygen atoms in total. The maximum atomic E-state index is 11.2. The zero-order valence-corrected chi connectivity index (χ0v) is 7.48. The van der Waals surface area contributed by atoms with Gasteiger partial charge >= 0.3 is 0 Å². The second-order valence-corrected chi connectivity index (χ2v) is 3.25. The molecule has 1 unspecified atom stereocenters. The van der Waals surface area contributed by atoms with Crippen LogP contribution in [0.15, 0.2) is 0 Å². The SMILES string of the molecule is CCCC(C)C(=O)C(C)C. The van der Waals surface area contributed by atoms with Gasteiger partial charge in [0, 0.05) is 11.8 Å². The van der Waals surface area contributed by atoms with Gasteiger partial charge in [0.05, 0.1) is 0 Å². The maximum absolute atomic E-state index is 11.2. The Morgan fingerprint density at radius 3 is 2.10 bits per heavy atom. The van der Waals surface area contributed by atoms with Crippen molar-refractivity contribution in [1.82, 2.24) is 0 Å². The number of hydrogen-bond donors (Lipinski definition) is 0. The normalized spacial score (nSPS) is 13.7. The van der Waals surface area contributed by atoms with Gasteiger partial charge in [-0.15, -0.1) is 0 Å². The first-order valence-corrected chi connectivity index (χ1v) is 4.13. The molecule has 0 bridgehead atoms. The highest BCUT2D eigenvalue weighted by atomic mass is 16.1. The first-order chi connectivity index (χ1) is 4.59. The summed E-state index contributed by atoms with van der Waals surface area (Å²) < 4.78 is 0. The molecule has 0 saturated heterocycles. The topological polar surface area (TPSA) is 17.1 Å². The molecular formula is C9H18O. The molecule has 0 aromatic rings. The highest BCUT2D eigenvalue weighted by Gasteiger charge is 2.14. The quantitative estimate of drug-likeness (QED) is 0.589. The molecule has 0 heterocycles. The number of carbonyl (C=O) groups is 1. The van der Waals surface area contributed by atoms with E-state index in [1.165, 1.54) is 0 Å². The molecule has 1 heteroatoms. The molecule has 0 aliphatic heterocycles. The van der Waals surface area contributed by atoms with Crippen molar-refractivity contribution in [1.29, 1.82) is 0 Å². The van der Waals surface area contributed by atoms with Crippen molar-refractivity contribution in [3.05, 3.63) is 0 Å². The van der Waals surface area contributed by atoms with Crippen molar-refractivity contribution in [2.24, 2.45) is 11.8 Å². The van der Waals surface area contributed by atoms with Gasteiger partial charge in [-0.3, -0.25) is 4.79 Å². The molecule has 0 spiro atoms. The lowest BCUT2D eigenvalue weighted by Crippen LogP contribution is -2.16. The van der Waals surface area contributed by atoms with Crippen LogP contribution in [-0.4, -0.2) is 5.78 Å². The predicted molar refractivity (Wildman–Crippen MR) is 43.9 cm³/mol. The van der Waals surface area contributed by atoms with Crippen molar-refractivity contribution in [2.45, 2.75) is 40.5 Å². The van der Waals surface area contributed by atoms with Gasteiger partial charge in [0.15, 0.2) is 0 Å². The van der Waals surface area contributed by atoms with Gasteiger partial charge < -0.3 is 0 Å². The van der Waals surface area contributed by atoms with Crippen LogP contribution in [0.5, 0.6) is 0 Å². The Balaban J connectivity index is 3.71. The van der Waals surface area contributed by atoms with E-state index in [2.05, 4.69) is 6.92 Å². The predicted octanol–water partition coefficient (Wildman–Crippen LogP) is 2.65. The average Bonchev–Trinajstić information content (AvgIpc) is 1.87. The summed E-state index contributed by atoms with van der Waals surface area (Å²) in [6, 6.07) is 0. The van der Waals surface area contributed by atoms with Crippen molar-refractivity contribution in [2.75, 3.05) is 0 Å². The lowest BCUT2D eigenvalue weighted by molar-refractivity contribution is -0.125. The molecular weight excluding hydrogens is 124 g/mol. The van der Waals surface area contributed by atoms with E-state index in [4.69, 9.17) is 0 Å². The van der Waals surface area contributed by atoms with E-state index >= 15 is 0 Å². The number of hydrogen-bond acceptors (Lipinski definition) is 1. The van der Waals surface area contributed by atoms with E-state index in [9.17, 15) is 4.79 Å². The fourth-order valence-corrected chi connectivity index (χ4v) is 1.14. The number of carbonyl (C=O) groups excluding carboxylic acids is 1. The molecule has 0 rings (SSSR count). The van der Waals surface area contributed by atoms with Crippen LogP contribution in [0.25, 0.3) is 0 Å². The van der Waals surface area contributed by atoms with Gasteiger partial charge in [-0.05, 0) is 6.42 Å². The lowest BCUT2D eigenvalue weighted by Gasteiger charge is -2.10. The minimum absolute atomic E-state index is 0.210. The largest absolute Gasteiger partial charge is 0.299 e. The van der Waals surface area contributed by atoms with Gasteiger partial charge in [-0.1, -0.05) is 34.1 Å². The van der Waals surface area contributed by atoms with Gasteiger partial charge in [-0.2, -0.15) is 0 Å². The molecule has 0 aliphatic rings. The third-order valence-corrected chi connectivity index (χ3v) is 1.78. The molecule has 0 N–H and O–H groups in total. The zero-order chi connectivity index (χ0) is 8.15. The van der Waals surface area contributed by atoms with E-state index in [0.29, 0.717) is 5.78 Å². The average molecular weight is 142 g/mol. The Morgan fingerprint density at radius 2 is 1.80 bits per heavy atom. The fraction of sp³-hybridized carbons (Fsp3) is 0.889. The van der Waals surface area contributed by atoms with Crippen LogP contribution in [0, 0.1) is 11.8 Å². The molecule has 10 heavy (non-hydrogen) atoms. The summed E-state index contributed by atoms with van der Waals surface area (Å²) in [5.41, 5.74) is 0. The van der Waals surface area contributed by atoms with Crippen LogP contribution >= 0.6 is 0 Å². The molecule has 0 saturated carbocycles. The smallest absolute Gasteiger partial charge is 0.138 e. The Labute approximate surface area is 63.8 Å². The van der Waals surface area contributed by atoms with Crippen molar-refractivity contribution in [3.8, 4) is 0 Å². The fourth-order valence-electron chi connectivity index (χ4n) is 1.14. The first-order valence-electron chi connectivity index (χ1n) is 4.13. The molecule has 0 radical (unpaired) electrons. The number of rotatable bonds is 4. The first kappa shape index (κ1) is 9.67. The van der Waals surface area contributed by atoms with E-state index in [0.717, 1.165) is 12.8 Å². The lowest BCUT2D eigenvalue weighted by atomic mass is 9.93.